The fraction of sp³-hybridized carbons (Fsp3) is 0.333. The third-order valence-corrected chi connectivity index (χ3v) is 3.36. The van der Waals surface area contributed by atoms with Crippen LogP contribution < -0.4 is 10.6 Å². The molecule has 0 radical (unpaired) electrons. The van der Waals surface area contributed by atoms with Gasteiger partial charge in [-0.3, -0.25) is 4.79 Å². The van der Waals surface area contributed by atoms with E-state index in [1.165, 1.54) is 23.1 Å². The van der Waals surface area contributed by atoms with Gasteiger partial charge in [0.25, 0.3) is 0 Å². The first-order valence-electron chi connectivity index (χ1n) is 5.71. The molecule has 102 valence electrons. The van der Waals surface area contributed by atoms with Crippen molar-refractivity contribution in [3.8, 4) is 0 Å². The number of benzene rings is 1. The van der Waals surface area contributed by atoms with Crippen molar-refractivity contribution in [2.45, 2.75) is 12.6 Å². The second kappa shape index (κ2) is 5.44. The number of hydrogen-bond acceptors (Lipinski definition) is 2. The van der Waals surface area contributed by atoms with Crippen LogP contribution in [0.15, 0.2) is 18.2 Å². The Morgan fingerprint density at radius 2 is 2.37 bits per heavy atom. The summed E-state index contributed by atoms with van der Waals surface area (Å²) >= 11 is 5.86. The van der Waals surface area contributed by atoms with Gasteiger partial charge in [0.1, 0.15) is 11.9 Å². The van der Waals surface area contributed by atoms with Crippen LogP contribution in [0.25, 0.3) is 0 Å². The zero-order chi connectivity index (χ0) is 14.0. The Balaban J connectivity index is 1.95. The highest BCUT2D eigenvalue weighted by Crippen LogP contribution is 2.17. The minimum atomic E-state index is -0.535. The Bertz CT molecular complexity index is 524. The van der Waals surface area contributed by atoms with Crippen molar-refractivity contribution >= 4 is 23.5 Å². The average molecular weight is 286 g/mol. The van der Waals surface area contributed by atoms with Crippen molar-refractivity contribution in [1.82, 2.24) is 15.5 Å². The highest BCUT2D eigenvalue weighted by Gasteiger charge is 2.32. The Hall–Kier alpha value is -1.82. The number of nitrogens with zero attached hydrogens (tertiary/aromatic N) is 1. The van der Waals surface area contributed by atoms with Gasteiger partial charge in [0.05, 0.1) is 0 Å². The Morgan fingerprint density at radius 3 is 2.95 bits per heavy atom. The third kappa shape index (κ3) is 2.96. The zero-order valence-electron chi connectivity index (χ0n) is 10.2. The Labute approximate surface area is 114 Å². The largest absolute Gasteiger partial charge is 0.350 e. The molecule has 1 heterocycles. The van der Waals surface area contributed by atoms with Gasteiger partial charge >= 0.3 is 6.03 Å². The van der Waals surface area contributed by atoms with Crippen LogP contribution in [0.2, 0.25) is 5.02 Å². The van der Waals surface area contributed by atoms with Crippen LogP contribution in [0, 0.1) is 5.82 Å². The molecule has 1 aliphatic rings. The predicted octanol–water partition coefficient (Wildman–Crippen LogP) is 1.12. The molecule has 1 unspecified atom stereocenters. The zero-order valence-corrected chi connectivity index (χ0v) is 11.0. The fourth-order valence-electron chi connectivity index (χ4n) is 1.82. The van der Waals surface area contributed by atoms with Gasteiger partial charge < -0.3 is 15.5 Å². The molecule has 1 aromatic rings. The van der Waals surface area contributed by atoms with Gasteiger partial charge in [0, 0.05) is 25.2 Å². The van der Waals surface area contributed by atoms with Crippen molar-refractivity contribution in [2.75, 3.05) is 13.6 Å². The third-order valence-electron chi connectivity index (χ3n) is 3.01. The first-order valence-corrected chi connectivity index (χ1v) is 6.09. The molecule has 1 fully saturated rings. The molecule has 0 aliphatic carbocycles. The number of carbonyl (C=O) groups excluding carboxylic acids is 2. The lowest BCUT2D eigenvalue weighted by atomic mass is 10.2. The van der Waals surface area contributed by atoms with Crippen LogP contribution >= 0.6 is 11.6 Å². The van der Waals surface area contributed by atoms with E-state index in [2.05, 4.69) is 10.6 Å². The number of nitrogens with one attached hydrogen (secondary N) is 2. The van der Waals surface area contributed by atoms with E-state index < -0.39 is 11.9 Å². The van der Waals surface area contributed by atoms with E-state index in [0.29, 0.717) is 5.56 Å². The number of amides is 3. The van der Waals surface area contributed by atoms with Gasteiger partial charge in [-0.05, 0) is 17.7 Å². The van der Waals surface area contributed by atoms with Crippen molar-refractivity contribution in [1.29, 1.82) is 0 Å². The summed E-state index contributed by atoms with van der Waals surface area (Å²) < 4.78 is 12.9. The van der Waals surface area contributed by atoms with Crippen molar-refractivity contribution in [3.05, 3.63) is 34.6 Å². The van der Waals surface area contributed by atoms with Gasteiger partial charge in [-0.25, -0.2) is 9.18 Å². The van der Waals surface area contributed by atoms with E-state index in [0.717, 1.165) is 0 Å². The van der Waals surface area contributed by atoms with Crippen LogP contribution in [0.4, 0.5) is 9.18 Å². The van der Waals surface area contributed by atoms with E-state index in [4.69, 9.17) is 11.6 Å². The van der Waals surface area contributed by atoms with E-state index in [1.54, 1.807) is 7.05 Å². The van der Waals surface area contributed by atoms with E-state index in [9.17, 15) is 14.0 Å². The number of urea groups is 1. The van der Waals surface area contributed by atoms with Crippen molar-refractivity contribution in [3.63, 3.8) is 0 Å². The number of hydrogen-bond donors (Lipinski definition) is 2. The smallest absolute Gasteiger partial charge is 0.317 e. The maximum atomic E-state index is 12.9. The molecular formula is C12H13ClFN3O2. The Morgan fingerprint density at radius 1 is 1.63 bits per heavy atom. The van der Waals surface area contributed by atoms with Gasteiger partial charge in [0.2, 0.25) is 5.91 Å². The standard InChI is InChI=1S/C12H13ClFN3O2/c1-17-10(6-16-12(17)19)11(18)15-5-7-2-3-8(14)4-9(7)13/h2-4,10H,5-6H2,1H3,(H,15,18)(H,16,19). The van der Waals surface area contributed by atoms with Crippen LogP contribution in [0.3, 0.4) is 0 Å². The topological polar surface area (TPSA) is 61.4 Å². The SMILES string of the molecule is CN1C(=O)NCC1C(=O)NCc1ccc(F)cc1Cl. The van der Waals surface area contributed by atoms with E-state index in [1.807, 2.05) is 0 Å². The molecule has 2 N–H and O–H groups in total. The quantitative estimate of drug-likeness (QED) is 0.874. The normalized spacial score (nSPS) is 18.4. The maximum Gasteiger partial charge on any atom is 0.317 e. The lowest BCUT2D eigenvalue weighted by molar-refractivity contribution is -0.124. The molecule has 19 heavy (non-hydrogen) atoms. The summed E-state index contributed by atoms with van der Waals surface area (Å²) in [5, 5.41) is 5.50. The fourth-order valence-corrected chi connectivity index (χ4v) is 2.05. The summed E-state index contributed by atoms with van der Waals surface area (Å²) in [5.41, 5.74) is 0.622. The molecule has 0 aromatic heterocycles. The lowest BCUT2D eigenvalue weighted by Gasteiger charge is -2.17. The molecule has 1 aliphatic heterocycles. The summed E-state index contributed by atoms with van der Waals surface area (Å²) in [6.07, 6.45) is 0. The molecule has 0 saturated carbocycles. The average Bonchev–Trinajstić information content (AvgIpc) is 2.69. The first-order chi connectivity index (χ1) is 8.99. The monoisotopic (exact) mass is 285 g/mol. The summed E-state index contributed by atoms with van der Waals surface area (Å²) in [6.45, 7) is 0.467. The number of halogens is 2. The summed E-state index contributed by atoms with van der Waals surface area (Å²) in [6, 6.07) is 3.17. The van der Waals surface area contributed by atoms with Gasteiger partial charge in [-0.15, -0.1) is 0 Å². The molecule has 3 amide bonds. The molecule has 7 heteroatoms. The van der Waals surface area contributed by atoms with Gasteiger partial charge in [-0.2, -0.15) is 0 Å². The summed E-state index contributed by atoms with van der Waals surface area (Å²) in [5.74, 6) is -0.702. The molecule has 1 atom stereocenters. The second-order valence-electron chi connectivity index (χ2n) is 4.27. The molecule has 2 rings (SSSR count). The van der Waals surface area contributed by atoms with E-state index >= 15 is 0 Å². The lowest BCUT2D eigenvalue weighted by Crippen LogP contribution is -2.43. The van der Waals surface area contributed by atoms with Crippen LogP contribution in [-0.2, 0) is 11.3 Å². The Kier molecular flexibility index (Phi) is 3.90. The first kappa shape index (κ1) is 13.6. The number of rotatable bonds is 3. The molecule has 5 nitrogen and oxygen atoms in total. The van der Waals surface area contributed by atoms with Gasteiger partial charge in [-0.1, -0.05) is 17.7 Å². The summed E-state index contributed by atoms with van der Waals surface area (Å²) in [7, 11) is 1.55. The molecule has 1 aromatic carbocycles. The summed E-state index contributed by atoms with van der Waals surface area (Å²) in [4.78, 5) is 24.5. The minimum absolute atomic E-state index is 0.191. The highest BCUT2D eigenvalue weighted by atomic mass is 35.5. The van der Waals surface area contributed by atoms with Crippen molar-refractivity contribution < 1.29 is 14.0 Å². The predicted molar refractivity (Wildman–Crippen MR) is 68.2 cm³/mol. The number of likely N-dealkylation sites (N-methyl/N-ethyl adjacent to an activating group) is 1. The molecule has 0 bridgehead atoms. The minimum Gasteiger partial charge on any atom is -0.350 e. The second-order valence-corrected chi connectivity index (χ2v) is 4.67. The number of carbonyl (C=O) groups is 2. The van der Waals surface area contributed by atoms with Crippen LogP contribution in [0.5, 0.6) is 0 Å². The highest BCUT2D eigenvalue weighted by molar-refractivity contribution is 6.31. The van der Waals surface area contributed by atoms with E-state index in [-0.39, 0.29) is 30.1 Å². The van der Waals surface area contributed by atoms with Gasteiger partial charge in [0.15, 0.2) is 0 Å². The van der Waals surface area contributed by atoms with Crippen molar-refractivity contribution in [2.24, 2.45) is 0 Å². The molecule has 0 spiro atoms. The van der Waals surface area contributed by atoms with Crippen LogP contribution in [-0.4, -0.2) is 36.5 Å². The molecular weight excluding hydrogens is 273 g/mol. The maximum absolute atomic E-state index is 12.9. The van der Waals surface area contributed by atoms with Crippen LogP contribution in [0.1, 0.15) is 5.56 Å². The molecule has 1 saturated heterocycles.